The predicted molar refractivity (Wildman–Crippen MR) is 89.7 cm³/mol. The maximum atomic E-state index is 12.1. The van der Waals surface area contributed by atoms with Gasteiger partial charge in [0, 0.05) is 18.7 Å². The topological polar surface area (TPSA) is 98.8 Å². The number of carbonyl (C=O) groups is 2. The molecule has 8 heteroatoms. The summed E-state index contributed by atoms with van der Waals surface area (Å²) in [7, 11) is -3.28. The maximum Gasteiger partial charge on any atom is 0.331 e. The molecule has 0 amide bonds. The summed E-state index contributed by atoms with van der Waals surface area (Å²) in [5.41, 5.74) is 0. The van der Waals surface area contributed by atoms with Gasteiger partial charge < -0.3 is 9.47 Å². The van der Waals surface area contributed by atoms with Gasteiger partial charge in [0.15, 0.2) is 0 Å². The first-order valence-electron chi connectivity index (χ1n) is 8.35. The number of hydrogen-bond acceptors (Lipinski definition) is 6. The molecule has 0 saturated heterocycles. The van der Waals surface area contributed by atoms with E-state index in [2.05, 4.69) is 4.72 Å². The Bertz CT molecular complexity index is 535. The molecule has 138 valence electrons. The average Bonchev–Trinajstić information content (AvgIpc) is 2.53. The fraction of sp³-hybridized carbons (Fsp3) is 0.750. The minimum absolute atomic E-state index is 0.0790. The fourth-order valence-electron chi connectivity index (χ4n) is 2.41. The van der Waals surface area contributed by atoms with Gasteiger partial charge in [-0.25, -0.2) is 22.7 Å². The van der Waals surface area contributed by atoms with Gasteiger partial charge in [-0.05, 0) is 33.1 Å². The second-order valence-corrected chi connectivity index (χ2v) is 8.08. The van der Waals surface area contributed by atoms with Gasteiger partial charge in [-0.2, -0.15) is 0 Å². The van der Waals surface area contributed by atoms with Gasteiger partial charge in [0.05, 0.1) is 18.0 Å². The largest absolute Gasteiger partial charge is 0.462 e. The highest BCUT2D eigenvalue weighted by atomic mass is 32.2. The Balaban J connectivity index is 2.18. The maximum absolute atomic E-state index is 12.1. The van der Waals surface area contributed by atoms with Crippen LogP contribution >= 0.6 is 0 Å². The van der Waals surface area contributed by atoms with Gasteiger partial charge in [-0.15, -0.1) is 0 Å². The van der Waals surface area contributed by atoms with Crippen LogP contribution in [-0.2, 0) is 29.1 Å². The van der Waals surface area contributed by atoms with Crippen LogP contribution in [0.1, 0.15) is 52.4 Å². The predicted octanol–water partition coefficient (Wildman–Crippen LogP) is 1.68. The Morgan fingerprint density at radius 1 is 1.12 bits per heavy atom. The van der Waals surface area contributed by atoms with Crippen LogP contribution in [0.3, 0.4) is 0 Å². The van der Waals surface area contributed by atoms with E-state index in [1.807, 2.05) is 0 Å². The van der Waals surface area contributed by atoms with Crippen molar-refractivity contribution in [2.45, 2.75) is 63.7 Å². The number of nitrogens with one attached hydrogen (secondary N) is 1. The molecule has 1 saturated carbocycles. The third-order valence-corrected chi connectivity index (χ3v) is 5.52. The van der Waals surface area contributed by atoms with E-state index in [0.717, 1.165) is 31.4 Å². The zero-order chi connectivity index (χ0) is 18.0. The molecule has 0 radical (unpaired) electrons. The molecule has 1 rings (SSSR count). The number of hydrogen-bond donors (Lipinski definition) is 1. The molecule has 0 unspecified atom stereocenters. The monoisotopic (exact) mass is 361 g/mol. The van der Waals surface area contributed by atoms with E-state index in [9.17, 15) is 18.0 Å². The first kappa shape index (κ1) is 20.6. The molecule has 0 aromatic rings. The summed E-state index contributed by atoms with van der Waals surface area (Å²) < 4.78 is 36.4. The van der Waals surface area contributed by atoms with Crippen molar-refractivity contribution in [3.8, 4) is 0 Å². The minimum Gasteiger partial charge on any atom is -0.462 e. The van der Waals surface area contributed by atoms with Crippen molar-refractivity contribution in [3.63, 3.8) is 0 Å². The smallest absolute Gasteiger partial charge is 0.331 e. The lowest BCUT2D eigenvalue weighted by Crippen LogP contribution is -2.36. The minimum atomic E-state index is -3.28. The van der Waals surface area contributed by atoms with Crippen molar-refractivity contribution in [1.82, 2.24) is 4.72 Å². The molecule has 1 N–H and O–H groups in total. The molecule has 0 aromatic carbocycles. The van der Waals surface area contributed by atoms with Gasteiger partial charge in [0.2, 0.25) is 10.0 Å². The molecule has 0 atom stereocenters. The van der Waals surface area contributed by atoms with Crippen LogP contribution in [0.4, 0.5) is 0 Å². The van der Waals surface area contributed by atoms with Crippen molar-refractivity contribution in [3.05, 3.63) is 12.2 Å². The molecule has 24 heavy (non-hydrogen) atoms. The van der Waals surface area contributed by atoms with Crippen LogP contribution in [-0.4, -0.2) is 44.9 Å². The van der Waals surface area contributed by atoms with E-state index < -0.39 is 22.0 Å². The normalized spacial score (nSPS) is 16.5. The highest BCUT2D eigenvalue weighted by Gasteiger charge is 2.26. The van der Waals surface area contributed by atoms with E-state index in [-0.39, 0.29) is 24.5 Å². The molecule has 0 aromatic heterocycles. The lowest BCUT2D eigenvalue weighted by Gasteiger charge is -2.21. The number of sulfonamides is 1. The zero-order valence-corrected chi connectivity index (χ0v) is 15.1. The van der Waals surface area contributed by atoms with Crippen molar-refractivity contribution < 1.29 is 27.5 Å². The van der Waals surface area contributed by atoms with Gasteiger partial charge in [-0.3, -0.25) is 0 Å². The molecule has 0 heterocycles. The Morgan fingerprint density at radius 3 is 2.38 bits per heavy atom. The lowest BCUT2D eigenvalue weighted by atomic mass is 10.0. The van der Waals surface area contributed by atoms with Crippen LogP contribution in [0.25, 0.3) is 0 Å². The highest BCUT2D eigenvalue weighted by molar-refractivity contribution is 7.90. The highest BCUT2D eigenvalue weighted by Crippen LogP contribution is 2.22. The second kappa shape index (κ2) is 10.5. The number of esters is 2. The van der Waals surface area contributed by atoms with E-state index in [0.29, 0.717) is 19.3 Å². The van der Waals surface area contributed by atoms with Gasteiger partial charge in [0.1, 0.15) is 0 Å². The van der Waals surface area contributed by atoms with Gasteiger partial charge in [-0.1, -0.05) is 19.3 Å². The second-order valence-electron chi connectivity index (χ2n) is 6.04. The summed E-state index contributed by atoms with van der Waals surface area (Å²) in [5, 5.41) is -0.302. The molecule has 1 fully saturated rings. The fourth-order valence-corrected chi connectivity index (χ4v) is 4.03. The van der Waals surface area contributed by atoms with Crippen molar-refractivity contribution >= 4 is 22.0 Å². The Morgan fingerprint density at radius 2 is 1.75 bits per heavy atom. The summed E-state index contributed by atoms with van der Waals surface area (Å²) in [6.45, 7) is 3.72. The van der Waals surface area contributed by atoms with Crippen molar-refractivity contribution in [2.75, 3.05) is 13.2 Å². The summed E-state index contributed by atoms with van der Waals surface area (Å²) >= 11 is 0. The standard InChI is InChI=1S/C16H27NO6S/c1-13(2)23-16(19)10-9-15(18)22-12-6-11-17-24(20,21)14-7-4-3-5-8-14/h9-10,13-14,17H,3-8,11-12H2,1-2H3/b10-9+. The van der Waals surface area contributed by atoms with E-state index >= 15 is 0 Å². The van der Waals surface area contributed by atoms with Crippen molar-refractivity contribution in [1.29, 1.82) is 0 Å². The SMILES string of the molecule is CC(C)OC(=O)/C=C/C(=O)OCCCNS(=O)(=O)C1CCCCC1. The van der Waals surface area contributed by atoms with Crippen LogP contribution in [0.15, 0.2) is 12.2 Å². The molecular weight excluding hydrogens is 334 g/mol. The molecule has 0 spiro atoms. The lowest BCUT2D eigenvalue weighted by molar-refractivity contribution is -0.142. The average molecular weight is 361 g/mol. The molecule has 1 aliphatic carbocycles. The third-order valence-electron chi connectivity index (χ3n) is 3.57. The quantitative estimate of drug-likeness (QED) is 0.381. The Kier molecular flexibility index (Phi) is 8.99. The van der Waals surface area contributed by atoms with E-state index in [4.69, 9.17) is 9.47 Å². The third kappa shape index (κ3) is 8.44. The summed E-state index contributed by atoms with van der Waals surface area (Å²) in [4.78, 5) is 22.6. The van der Waals surface area contributed by atoms with Gasteiger partial charge in [0.25, 0.3) is 0 Å². The zero-order valence-electron chi connectivity index (χ0n) is 14.3. The van der Waals surface area contributed by atoms with Crippen molar-refractivity contribution in [2.24, 2.45) is 0 Å². The number of rotatable bonds is 9. The first-order chi connectivity index (χ1) is 11.3. The van der Waals surface area contributed by atoms with Crippen LogP contribution in [0, 0.1) is 0 Å². The molecule has 0 bridgehead atoms. The summed E-state index contributed by atoms with van der Waals surface area (Å²) in [6.07, 6.45) is 6.55. The van der Waals surface area contributed by atoms with E-state index in [1.54, 1.807) is 13.8 Å². The summed E-state index contributed by atoms with van der Waals surface area (Å²) in [5.74, 6) is -1.27. The Hall–Kier alpha value is -1.41. The number of carbonyl (C=O) groups excluding carboxylic acids is 2. The molecular formula is C16H27NO6S. The van der Waals surface area contributed by atoms with Crippen LogP contribution in [0.2, 0.25) is 0 Å². The first-order valence-corrected chi connectivity index (χ1v) is 9.90. The van der Waals surface area contributed by atoms with Crippen LogP contribution in [0.5, 0.6) is 0 Å². The molecule has 7 nitrogen and oxygen atoms in total. The van der Waals surface area contributed by atoms with Crippen LogP contribution < -0.4 is 4.72 Å². The number of ether oxygens (including phenoxy) is 2. The molecule has 0 aliphatic heterocycles. The summed E-state index contributed by atoms with van der Waals surface area (Å²) in [6, 6.07) is 0. The van der Waals surface area contributed by atoms with E-state index in [1.165, 1.54) is 0 Å². The Labute approximate surface area is 143 Å². The van der Waals surface area contributed by atoms with Gasteiger partial charge >= 0.3 is 11.9 Å². The molecule has 1 aliphatic rings.